The molecule has 5 nitrogen and oxygen atoms in total. The molecule has 0 radical (unpaired) electrons. The smallest absolute Gasteiger partial charge is 0.277 e. The zero-order valence-corrected chi connectivity index (χ0v) is 12.6. The van der Waals surface area contributed by atoms with Gasteiger partial charge in [0.1, 0.15) is 11.5 Å². The van der Waals surface area contributed by atoms with Gasteiger partial charge in [-0.3, -0.25) is 4.79 Å². The molecule has 0 saturated heterocycles. The Kier molecular flexibility index (Phi) is 7.98. The second kappa shape index (κ2) is 8.63. The van der Waals surface area contributed by atoms with Crippen molar-refractivity contribution < 1.29 is 23.0 Å². The van der Waals surface area contributed by atoms with Crippen molar-refractivity contribution in [2.24, 2.45) is 5.73 Å². The van der Waals surface area contributed by atoms with E-state index in [9.17, 15) is 13.6 Å². The molecule has 1 aromatic carbocycles. The Bertz CT molecular complexity index is 473. The third-order valence-electron chi connectivity index (χ3n) is 2.68. The van der Waals surface area contributed by atoms with E-state index >= 15 is 0 Å². The van der Waals surface area contributed by atoms with Crippen LogP contribution in [0.15, 0.2) is 18.2 Å². The summed E-state index contributed by atoms with van der Waals surface area (Å²) in [6, 6.07) is 4.96. The van der Waals surface area contributed by atoms with Gasteiger partial charge < -0.3 is 20.5 Å². The molecular weight excluding hydrogens is 306 g/mol. The van der Waals surface area contributed by atoms with Crippen molar-refractivity contribution in [2.75, 3.05) is 27.3 Å². The second-order valence-corrected chi connectivity index (χ2v) is 4.19. The Morgan fingerprint density at radius 1 is 1.33 bits per heavy atom. The average molecular weight is 325 g/mol. The minimum atomic E-state index is -3.10. The first kappa shape index (κ1) is 19.4. The number of methoxy groups -OCH3 is 2. The van der Waals surface area contributed by atoms with Crippen LogP contribution in [0.3, 0.4) is 0 Å². The van der Waals surface area contributed by atoms with Crippen molar-refractivity contribution in [1.29, 1.82) is 0 Å². The molecule has 0 fully saturated rings. The summed E-state index contributed by atoms with van der Waals surface area (Å²) in [4.78, 5) is 11.7. The van der Waals surface area contributed by atoms with Gasteiger partial charge in [-0.15, -0.1) is 12.4 Å². The number of amides is 1. The molecule has 0 heterocycles. The molecule has 0 aliphatic carbocycles. The summed E-state index contributed by atoms with van der Waals surface area (Å²) in [5, 5.41) is 2.15. The van der Waals surface area contributed by atoms with Crippen LogP contribution in [0.2, 0.25) is 0 Å². The van der Waals surface area contributed by atoms with Crippen LogP contribution in [0.1, 0.15) is 5.56 Å². The maximum absolute atomic E-state index is 12.9. The SMILES string of the molecule is COc1ccc(OC)c(CC(=O)NCC(F)(F)CN)c1.Cl. The zero-order valence-electron chi connectivity index (χ0n) is 11.8. The topological polar surface area (TPSA) is 73.6 Å². The number of benzene rings is 1. The number of halogens is 3. The van der Waals surface area contributed by atoms with Crippen molar-refractivity contribution >= 4 is 18.3 Å². The summed E-state index contributed by atoms with van der Waals surface area (Å²) in [6.07, 6.45) is -0.0823. The van der Waals surface area contributed by atoms with Gasteiger partial charge in [0.2, 0.25) is 5.91 Å². The lowest BCUT2D eigenvalue weighted by Crippen LogP contribution is -2.42. The molecule has 1 rings (SSSR count). The van der Waals surface area contributed by atoms with Gasteiger partial charge in [0, 0.05) is 5.56 Å². The molecule has 120 valence electrons. The Morgan fingerprint density at radius 2 is 2.00 bits per heavy atom. The normalized spacial score (nSPS) is 10.5. The molecule has 0 saturated carbocycles. The predicted molar refractivity (Wildman–Crippen MR) is 77.5 cm³/mol. The van der Waals surface area contributed by atoms with Gasteiger partial charge in [-0.05, 0) is 18.2 Å². The van der Waals surface area contributed by atoms with Crippen LogP contribution in [0, 0.1) is 0 Å². The molecule has 0 aliphatic heterocycles. The molecule has 8 heteroatoms. The van der Waals surface area contributed by atoms with E-state index in [0.717, 1.165) is 0 Å². The maximum atomic E-state index is 12.9. The number of nitrogens with one attached hydrogen (secondary N) is 1. The number of alkyl halides is 2. The van der Waals surface area contributed by atoms with Gasteiger partial charge in [0.25, 0.3) is 5.92 Å². The van der Waals surface area contributed by atoms with E-state index in [2.05, 4.69) is 5.32 Å². The van der Waals surface area contributed by atoms with E-state index in [-0.39, 0.29) is 18.8 Å². The van der Waals surface area contributed by atoms with Gasteiger partial charge in [-0.1, -0.05) is 0 Å². The molecule has 3 N–H and O–H groups in total. The fraction of sp³-hybridized carbons (Fsp3) is 0.462. The number of rotatable bonds is 7. The molecular formula is C13H19ClF2N2O3. The van der Waals surface area contributed by atoms with Gasteiger partial charge in [0.15, 0.2) is 0 Å². The first-order chi connectivity index (χ1) is 9.41. The second-order valence-electron chi connectivity index (χ2n) is 4.19. The first-order valence-corrected chi connectivity index (χ1v) is 5.97. The van der Waals surface area contributed by atoms with Gasteiger partial charge in [-0.25, -0.2) is 8.78 Å². The summed E-state index contributed by atoms with van der Waals surface area (Å²) < 4.78 is 36.0. The first-order valence-electron chi connectivity index (χ1n) is 5.97. The Hall–Kier alpha value is -1.60. The number of carbonyl (C=O) groups is 1. The average Bonchev–Trinajstić information content (AvgIpc) is 2.45. The van der Waals surface area contributed by atoms with E-state index in [1.807, 2.05) is 0 Å². The largest absolute Gasteiger partial charge is 0.497 e. The predicted octanol–water partition coefficient (Wildman–Crippen LogP) is 1.38. The fourth-order valence-corrected chi connectivity index (χ4v) is 1.56. The summed E-state index contributed by atoms with van der Waals surface area (Å²) in [6.45, 7) is -1.59. The summed E-state index contributed by atoms with van der Waals surface area (Å²) in [7, 11) is 2.96. The molecule has 0 unspecified atom stereocenters. The van der Waals surface area contributed by atoms with Crippen molar-refractivity contribution in [1.82, 2.24) is 5.32 Å². The fourth-order valence-electron chi connectivity index (χ4n) is 1.56. The number of hydrogen-bond donors (Lipinski definition) is 2. The van der Waals surface area contributed by atoms with Crippen LogP contribution in [0.25, 0.3) is 0 Å². The summed E-state index contributed by atoms with van der Waals surface area (Å²) in [5.74, 6) is -2.59. The third-order valence-corrected chi connectivity index (χ3v) is 2.68. The number of ether oxygens (including phenoxy) is 2. The molecule has 0 aromatic heterocycles. The molecule has 0 atom stereocenters. The van der Waals surface area contributed by atoms with Gasteiger partial charge in [-0.2, -0.15) is 0 Å². The van der Waals surface area contributed by atoms with E-state index in [0.29, 0.717) is 17.1 Å². The van der Waals surface area contributed by atoms with Gasteiger partial charge in [0.05, 0.1) is 33.7 Å². The van der Waals surface area contributed by atoms with Gasteiger partial charge >= 0.3 is 0 Å². The summed E-state index contributed by atoms with van der Waals surface area (Å²) in [5.41, 5.74) is 5.45. The Morgan fingerprint density at radius 3 is 2.52 bits per heavy atom. The third kappa shape index (κ3) is 6.14. The summed E-state index contributed by atoms with van der Waals surface area (Å²) >= 11 is 0. The van der Waals surface area contributed by atoms with Crippen LogP contribution in [0.5, 0.6) is 11.5 Å². The highest BCUT2D eigenvalue weighted by molar-refractivity contribution is 5.85. The molecule has 1 aromatic rings. The number of nitrogens with two attached hydrogens (primary N) is 1. The lowest BCUT2D eigenvalue weighted by atomic mass is 10.1. The van der Waals surface area contributed by atoms with E-state index in [1.54, 1.807) is 18.2 Å². The van der Waals surface area contributed by atoms with Crippen molar-refractivity contribution in [3.8, 4) is 11.5 Å². The van der Waals surface area contributed by atoms with Crippen molar-refractivity contribution in [3.63, 3.8) is 0 Å². The molecule has 0 spiro atoms. The van der Waals surface area contributed by atoms with Crippen LogP contribution in [0.4, 0.5) is 8.78 Å². The highest BCUT2D eigenvalue weighted by Gasteiger charge is 2.27. The standard InChI is InChI=1S/C13H18F2N2O3.ClH/c1-19-10-3-4-11(20-2)9(5-10)6-12(18)17-8-13(14,15)7-16;/h3-5H,6-8,16H2,1-2H3,(H,17,18);1H. The lowest BCUT2D eigenvalue weighted by molar-refractivity contribution is -0.122. The van der Waals surface area contributed by atoms with Crippen molar-refractivity contribution in [2.45, 2.75) is 12.3 Å². The zero-order chi connectivity index (χ0) is 15.2. The van der Waals surface area contributed by atoms with Crippen LogP contribution < -0.4 is 20.5 Å². The minimum Gasteiger partial charge on any atom is -0.497 e. The van der Waals surface area contributed by atoms with Crippen LogP contribution >= 0.6 is 12.4 Å². The molecule has 0 aliphatic rings. The Labute approximate surface area is 128 Å². The van der Waals surface area contributed by atoms with Crippen molar-refractivity contribution in [3.05, 3.63) is 23.8 Å². The Balaban J connectivity index is 0.00000400. The minimum absolute atomic E-state index is 0. The molecule has 1 amide bonds. The lowest BCUT2D eigenvalue weighted by Gasteiger charge is -2.15. The van der Waals surface area contributed by atoms with E-state index in [4.69, 9.17) is 15.2 Å². The molecule has 0 bridgehead atoms. The highest BCUT2D eigenvalue weighted by atomic mass is 35.5. The monoisotopic (exact) mass is 324 g/mol. The number of carbonyl (C=O) groups excluding carboxylic acids is 1. The van der Waals surface area contributed by atoms with Crippen LogP contribution in [-0.2, 0) is 11.2 Å². The van der Waals surface area contributed by atoms with E-state index < -0.39 is 24.9 Å². The van der Waals surface area contributed by atoms with Crippen LogP contribution in [-0.4, -0.2) is 39.1 Å². The quantitative estimate of drug-likeness (QED) is 0.794. The van der Waals surface area contributed by atoms with E-state index in [1.165, 1.54) is 14.2 Å². The molecule has 21 heavy (non-hydrogen) atoms. The highest BCUT2D eigenvalue weighted by Crippen LogP contribution is 2.24. The maximum Gasteiger partial charge on any atom is 0.277 e. The number of hydrogen-bond acceptors (Lipinski definition) is 4.